The number of carbonyl (C=O) groups excluding carboxylic acids is 2. The largest absolute Gasteiger partial charge is 0.367 e. The first kappa shape index (κ1) is 12.2. The quantitative estimate of drug-likeness (QED) is 0.663. The van der Waals surface area contributed by atoms with E-state index in [1.807, 2.05) is 27.7 Å². The fourth-order valence-electron chi connectivity index (χ4n) is 1.37. The summed E-state index contributed by atoms with van der Waals surface area (Å²) >= 11 is 0. The Kier molecular flexibility index (Phi) is 3.50. The number of hydrogen-bond acceptors (Lipinski definition) is 4. The summed E-state index contributed by atoms with van der Waals surface area (Å²) in [5, 5.41) is 1.62. The average Bonchev–Trinajstić information content (AvgIpc) is 2.08. The summed E-state index contributed by atoms with van der Waals surface area (Å²) in [5.74, 6) is -0.00532. The number of rotatable bonds is 1. The summed E-state index contributed by atoms with van der Waals surface area (Å²) in [7, 11) is 0. The molecule has 1 aliphatic rings. The van der Waals surface area contributed by atoms with E-state index in [1.165, 1.54) is 0 Å². The van der Waals surface area contributed by atoms with Crippen LogP contribution in [0.5, 0.6) is 0 Å². The van der Waals surface area contributed by atoms with Crippen LogP contribution in [0.1, 0.15) is 40.5 Å². The van der Waals surface area contributed by atoms with Crippen molar-refractivity contribution in [3.05, 3.63) is 0 Å². The van der Waals surface area contributed by atoms with Crippen LogP contribution >= 0.6 is 0 Å². The van der Waals surface area contributed by atoms with Crippen molar-refractivity contribution in [3.8, 4) is 0 Å². The molecule has 0 bridgehead atoms. The fraction of sp³-hybridized carbons (Fsp3) is 0.818. The van der Waals surface area contributed by atoms with E-state index in [1.54, 1.807) is 5.06 Å². The number of Topliss-reactive ketones (excluding diaryl/α,β-unsaturated/α-hetero) is 1. The Morgan fingerprint density at radius 2 is 2.07 bits per heavy atom. The number of carbonyl (C=O) groups is 2. The van der Waals surface area contributed by atoms with Gasteiger partial charge in [-0.3, -0.25) is 4.79 Å². The lowest BCUT2D eigenvalue weighted by Gasteiger charge is -2.32. The van der Waals surface area contributed by atoms with Gasteiger partial charge >= 0.3 is 5.97 Å². The summed E-state index contributed by atoms with van der Waals surface area (Å²) in [6.45, 7) is 7.86. The van der Waals surface area contributed by atoms with E-state index < -0.39 is 5.41 Å². The second-order valence-electron chi connectivity index (χ2n) is 5.11. The van der Waals surface area contributed by atoms with E-state index in [9.17, 15) is 9.59 Å². The second kappa shape index (κ2) is 4.31. The first-order valence-corrected chi connectivity index (χ1v) is 5.31. The van der Waals surface area contributed by atoms with Crippen LogP contribution in [0.4, 0.5) is 0 Å². The molecule has 1 aliphatic heterocycles. The molecule has 15 heavy (non-hydrogen) atoms. The number of hydrogen-bond donors (Lipinski definition) is 0. The summed E-state index contributed by atoms with van der Waals surface area (Å²) in [6, 6.07) is -0.00227. The topological polar surface area (TPSA) is 46.6 Å². The molecule has 1 saturated heterocycles. The molecule has 1 heterocycles. The molecule has 0 radical (unpaired) electrons. The number of nitrogens with zero attached hydrogens (tertiary/aromatic N) is 1. The van der Waals surface area contributed by atoms with E-state index in [-0.39, 0.29) is 17.8 Å². The molecule has 1 rings (SSSR count). The lowest BCUT2D eigenvalue weighted by Crippen LogP contribution is -2.44. The third kappa shape index (κ3) is 3.30. The average molecular weight is 213 g/mol. The Bertz CT molecular complexity index is 267. The highest BCUT2D eigenvalue weighted by molar-refractivity contribution is 5.80. The third-order valence-corrected chi connectivity index (χ3v) is 2.44. The molecule has 86 valence electrons. The van der Waals surface area contributed by atoms with Gasteiger partial charge in [0.15, 0.2) is 0 Å². The molecular weight excluding hydrogens is 194 g/mol. The van der Waals surface area contributed by atoms with Crippen LogP contribution in [0.3, 0.4) is 0 Å². The van der Waals surface area contributed by atoms with Gasteiger partial charge in [-0.05, 0) is 27.7 Å². The van der Waals surface area contributed by atoms with Crippen molar-refractivity contribution in [1.29, 1.82) is 0 Å². The lowest BCUT2D eigenvalue weighted by atomic mass is 9.97. The van der Waals surface area contributed by atoms with Crippen molar-refractivity contribution in [3.63, 3.8) is 0 Å². The van der Waals surface area contributed by atoms with Crippen molar-refractivity contribution in [2.24, 2.45) is 5.41 Å². The van der Waals surface area contributed by atoms with Gasteiger partial charge in [0.25, 0.3) is 0 Å². The van der Waals surface area contributed by atoms with E-state index in [4.69, 9.17) is 4.84 Å². The highest BCUT2D eigenvalue weighted by Crippen LogP contribution is 2.20. The van der Waals surface area contributed by atoms with Crippen LogP contribution < -0.4 is 0 Å². The van der Waals surface area contributed by atoms with Gasteiger partial charge in [-0.1, -0.05) is 0 Å². The number of hydroxylamine groups is 2. The summed E-state index contributed by atoms with van der Waals surface area (Å²) < 4.78 is 0. The minimum Gasteiger partial charge on any atom is -0.367 e. The number of ketones is 1. The molecule has 4 nitrogen and oxygen atoms in total. The molecular formula is C11H19NO3. The maximum absolute atomic E-state index is 11.6. The summed E-state index contributed by atoms with van der Waals surface area (Å²) in [4.78, 5) is 28.0. The minimum absolute atomic E-state index is 0.00227. The van der Waals surface area contributed by atoms with Gasteiger partial charge in [0, 0.05) is 19.4 Å². The molecule has 0 aromatic rings. The first-order valence-electron chi connectivity index (χ1n) is 5.31. The van der Waals surface area contributed by atoms with Crippen LogP contribution in [0, 0.1) is 5.41 Å². The Morgan fingerprint density at radius 1 is 1.47 bits per heavy atom. The normalized spacial score (nSPS) is 24.0. The standard InChI is InChI=1S/C11H19NO3/c1-8-7-9(13)5-6-12(8)15-10(14)11(2,3)4/h8H,5-7H2,1-4H3. The van der Waals surface area contributed by atoms with E-state index >= 15 is 0 Å². The highest BCUT2D eigenvalue weighted by Gasteiger charge is 2.31. The van der Waals surface area contributed by atoms with Crippen molar-refractivity contribution in [2.45, 2.75) is 46.6 Å². The Balaban J connectivity index is 2.52. The van der Waals surface area contributed by atoms with Crippen molar-refractivity contribution < 1.29 is 14.4 Å². The Hall–Kier alpha value is -0.900. The van der Waals surface area contributed by atoms with Gasteiger partial charge < -0.3 is 4.84 Å². The SMILES string of the molecule is CC1CC(=O)CCN1OC(=O)C(C)(C)C. The van der Waals surface area contributed by atoms with Gasteiger partial charge in [-0.15, -0.1) is 5.06 Å². The van der Waals surface area contributed by atoms with Gasteiger partial charge in [0.2, 0.25) is 0 Å². The number of piperidine rings is 1. The highest BCUT2D eigenvalue weighted by atomic mass is 16.7. The molecule has 1 fully saturated rings. The zero-order chi connectivity index (χ0) is 11.6. The maximum Gasteiger partial charge on any atom is 0.330 e. The Labute approximate surface area is 90.5 Å². The monoisotopic (exact) mass is 213 g/mol. The second-order valence-corrected chi connectivity index (χ2v) is 5.11. The zero-order valence-corrected chi connectivity index (χ0v) is 9.87. The van der Waals surface area contributed by atoms with Crippen LogP contribution in [-0.2, 0) is 14.4 Å². The van der Waals surface area contributed by atoms with Gasteiger partial charge in [0.05, 0.1) is 11.5 Å². The smallest absolute Gasteiger partial charge is 0.330 e. The van der Waals surface area contributed by atoms with Crippen LogP contribution in [0.25, 0.3) is 0 Å². The van der Waals surface area contributed by atoms with Gasteiger partial charge in [-0.2, -0.15) is 0 Å². The predicted octanol–water partition coefficient (Wildman–Crippen LogP) is 1.54. The van der Waals surface area contributed by atoms with Gasteiger partial charge in [0.1, 0.15) is 5.78 Å². The Morgan fingerprint density at radius 3 is 2.53 bits per heavy atom. The van der Waals surface area contributed by atoms with Crippen LogP contribution in [0.15, 0.2) is 0 Å². The van der Waals surface area contributed by atoms with E-state index in [0.717, 1.165) is 0 Å². The maximum atomic E-state index is 11.6. The van der Waals surface area contributed by atoms with Crippen LogP contribution in [0.2, 0.25) is 0 Å². The summed E-state index contributed by atoms with van der Waals surface area (Å²) in [5.41, 5.74) is -0.499. The van der Waals surface area contributed by atoms with E-state index in [0.29, 0.717) is 19.4 Å². The third-order valence-electron chi connectivity index (χ3n) is 2.44. The summed E-state index contributed by atoms with van der Waals surface area (Å²) in [6.07, 6.45) is 0.944. The fourth-order valence-corrected chi connectivity index (χ4v) is 1.37. The molecule has 0 N–H and O–H groups in total. The first-order chi connectivity index (χ1) is 6.80. The molecule has 0 spiro atoms. The molecule has 4 heteroatoms. The molecule has 1 atom stereocenters. The molecule has 0 aromatic heterocycles. The molecule has 0 amide bonds. The van der Waals surface area contributed by atoms with E-state index in [2.05, 4.69) is 0 Å². The van der Waals surface area contributed by atoms with Gasteiger partial charge in [-0.25, -0.2) is 4.79 Å². The van der Waals surface area contributed by atoms with Crippen LogP contribution in [-0.4, -0.2) is 29.4 Å². The lowest BCUT2D eigenvalue weighted by molar-refractivity contribution is -0.214. The zero-order valence-electron chi connectivity index (χ0n) is 9.87. The molecule has 0 aromatic carbocycles. The predicted molar refractivity (Wildman–Crippen MR) is 56.0 cm³/mol. The minimum atomic E-state index is -0.499. The van der Waals surface area contributed by atoms with Crippen molar-refractivity contribution in [2.75, 3.05) is 6.54 Å². The molecule has 0 aliphatic carbocycles. The molecule has 0 saturated carbocycles. The van der Waals surface area contributed by atoms with Crippen molar-refractivity contribution >= 4 is 11.8 Å². The molecule has 1 unspecified atom stereocenters. The van der Waals surface area contributed by atoms with Crippen molar-refractivity contribution in [1.82, 2.24) is 5.06 Å².